The molecule has 116 valence electrons. The van der Waals surface area contributed by atoms with Gasteiger partial charge < -0.3 is 5.32 Å². The third-order valence-electron chi connectivity index (χ3n) is 3.05. The van der Waals surface area contributed by atoms with E-state index in [0.717, 1.165) is 16.3 Å². The molecule has 0 aliphatic heterocycles. The smallest absolute Gasteiger partial charge is 0.250 e. The average Bonchev–Trinajstić information content (AvgIpc) is 3.15. The van der Waals surface area contributed by atoms with Gasteiger partial charge in [-0.25, -0.2) is 14.6 Å². The number of amides is 1. The maximum Gasteiger partial charge on any atom is 0.250 e. The summed E-state index contributed by atoms with van der Waals surface area (Å²) in [6.45, 7) is 3.85. The molecule has 0 radical (unpaired) electrons. The molecule has 0 bridgehead atoms. The van der Waals surface area contributed by atoms with E-state index >= 15 is 0 Å². The highest BCUT2D eigenvalue weighted by Gasteiger charge is 2.07. The number of hydrogen-bond donors (Lipinski definition) is 1. The van der Waals surface area contributed by atoms with Gasteiger partial charge >= 0.3 is 0 Å². The van der Waals surface area contributed by atoms with Crippen LogP contribution in [0.25, 0.3) is 12.0 Å². The lowest BCUT2D eigenvalue weighted by Crippen LogP contribution is -2.10. The molecule has 0 aromatic carbocycles. The van der Waals surface area contributed by atoms with Gasteiger partial charge in [-0.2, -0.15) is 5.10 Å². The number of nitrogens with one attached hydrogen (secondary N) is 1. The monoisotopic (exact) mass is 325 g/mol. The van der Waals surface area contributed by atoms with Crippen LogP contribution in [0.15, 0.2) is 42.0 Å². The van der Waals surface area contributed by atoms with Crippen molar-refractivity contribution in [2.75, 3.05) is 5.32 Å². The minimum Gasteiger partial charge on any atom is -0.320 e. The SMILES string of the molecule is Cc1cc(C)n(-c2ncc(NC(=O)/C=C/c3cccs3)cn2)n1. The number of carbonyl (C=O) groups excluding carboxylic acids is 1. The minimum absolute atomic E-state index is 0.221. The molecular weight excluding hydrogens is 310 g/mol. The van der Waals surface area contributed by atoms with E-state index in [-0.39, 0.29) is 5.91 Å². The number of rotatable bonds is 4. The van der Waals surface area contributed by atoms with Crippen molar-refractivity contribution in [1.82, 2.24) is 19.7 Å². The minimum atomic E-state index is -0.221. The molecule has 1 amide bonds. The van der Waals surface area contributed by atoms with Crippen LogP contribution in [0, 0.1) is 13.8 Å². The number of hydrogen-bond acceptors (Lipinski definition) is 5. The van der Waals surface area contributed by atoms with Gasteiger partial charge in [0.2, 0.25) is 5.91 Å². The Morgan fingerprint density at radius 1 is 1.30 bits per heavy atom. The molecule has 3 aromatic heterocycles. The van der Waals surface area contributed by atoms with E-state index < -0.39 is 0 Å². The van der Waals surface area contributed by atoms with Crippen LogP contribution in [0.3, 0.4) is 0 Å². The molecule has 1 N–H and O–H groups in total. The van der Waals surface area contributed by atoms with Gasteiger partial charge in [0.25, 0.3) is 5.95 Å². The molecule has 0 aliphatic rings. The molecule has 3 aromatic rings. The Balaban J connectivity index is 1.68. The van der Waals surface area contributed by atoms with Crippen molar-refractivity contribution in [2.45, 2.75) is 13.8 Å². The second kappa shape index (κ2) is 6.53. The van der Waals surface area contributed by atoms with Crippen LogP contribution in [0.5, 0.6) is 0 Å². The second-order valence-electron chi connectivity index (χ2n) is 4.95. The van der Waals surface area contributed by atoms with Crippen molar-refractivity contribution in [3.63, 3.8) is 0 Å². The number of nitrogens with zero attached hydrogens (tertiary/aromatic N) is 4. The molecule has 0 atom stereocenters. The summed E-state index contributed by atoms with van der Waals surface area (Å²) >= 11 is 1.57. The van der Waals surface area contributed by atoms with Gasteiger partial charge in [-0.05, 0) is 37.4 Å². The van der Waals surface area contributed by atoms with Gasteiger partial charge in [-0.3, -0.25) is 4.79 Å². The normalized spacial score (nSPS) is 11.0. The number of thiophene rings is 1. The Hall–Kier alpha value is -2.80. The molecule has 0 spiro atoms. The molecule has 3 rings (SSSR count). The molecule has 23 heavy (non-hydrogen) atoms. The van der Waals surface area contributed by atoms with Gasteiger partial charge in [0, 0.05) is 16.6 Å². The van der Waals surface area contributed by atoms with E-state index in [2.05, 4.69) is 20.4 Å². The van der Waals surface area contributed by atoms with Crippen LogP contribution < -0.4 is 5.32 Å². The fraction of sp³-hybridized carbons (Fsp3) is 0.125. The largest absolute Gasteiger partial charge is 0.320 e. The van der Waals surface area contributed by atoms with Gasteiger partial charge in [0.15, 0.2) is 0 Å². The summed E-state index contributed by atoms with van der Waals surface area (Å²) in [6.07, 6.45) is 6.39. The Kier molecular flexibility index (Phi) is 4.29. The van der Waals surface area contributed by atoms with Crippen molar-refractivity contribution in [3.8, 4) is 5.95 Å². The standard InChI is InChI=1S/C16H15N5OS/c1-11-8-12(2)21(20-11)16-17-9-13(10-18-16)19-15(22)6-5-14-4-3-7-23-14/h3-10H,1-2H3,(H,19,22)/b6-5+. The molecule has 0 aliphatic carbocycles. The predicted molar refractivity (Wildman–Crippen MR) is 90.6 cm³/mol. The molecule has 6 nitrogen and oxygen atoms in total. The Morgan fingerprint density at radius 3 is 2.70 bits per heavy atom. The van der Waals surface area contributed by atoms with E-state index in [9.17, 15) is 4.79 Å². The lowest BCUT2D eigenvalue weighted by Gasteiger charge is -2.04. The van der Waals surface area contributed by atoms with Crippen molar-refractivity contribution in [3.05, 3.63) is 58.3 Å². The zero-order valence-electron chi connectivity index (χ0n) is 12.7. The van der Waals surface area contributed by atoms with E-state index in [1.807, 2.05) is 37.4 Å². The van der Waals surface area contributed by atoms with Crippen LogP contribution in [-0.2, 0) is 4.79 Å². The van der Waals surface area contributed by atoms with Gasteiger partial charge in [0.1, 0.15) is 0 Å². The molecule has 0 fully saturated rings. The van der Waals surface area contributed by atoms with Crippen LogP contribution in [-0.4, -0.2) is 25.7 Å². The highest BCUT2D eigenvalue weighted by molar-refractivity contribution is 7.10. The number of anilines is 1. The zero-order chi connectivity index (χ0) is 16.2. The lowest BCUT2D eigenvalue weighted by molar-refractivity contribution is -0.111. The van der Waals surface area contributed by atoms with Crippen LogP contribution >= 0.6 is 11.3 Å². The average molecular weight is 325 g/mol. The van der Waals surface area contributed by atoms with Crippen molar-refractivity contribution >= 4 is 29.0 Å². The maximum absolute atomic E-state index is 11.9. The van der Waals surface area contributed by atoms with Crippen molar-refractivity contribution < 1.29 is 4.79 Å². The summed E-state index contributed by atoms with van der Waals surface area (Å²) in [5.74, 6) is 0.253. The second-order valence-corrected chi connectivity index (χ2v) is 5.93. The summed E-state index contributed by atoms with van der Waals surface area (Å²) < 4.78 is 1.66. The van der Waals surface area contributed by atoms with Crippen molar-refractivity contribution in [1.29, 1.82) is 0 Å². The van der Waals surface area contributed by atoms with Crippen LogP contribution in [0.1, 0.15) is 16.3 Å². The Bertz CT molecular complexity index is 834. The third-order valence-corrected chi connectivity index (χ3v) is 3.88. The summed E-state index contributed by atoms with van der Waals surface area (Å²) in [5, 5.41) is 9.01. The molecule has 3 heterocycles. The highest BCUT2D eigenvalue weighted by atomic mass is 32.1. The molecule has 0 saturated heterocycles. The van der Waals surface area contributed by atoms with Gasteiger partial charge in [-0.1, -0.05) is 6.07 Å². The van der Waals surface area contributed by atoms with Crippen LogP contribution in [0.4, 0.5) is 5.69 Å². The first-order valence-corrected chi connectivity index (χ1v) is 7.88. The molecule has 0 unspecified atom stereocenters. The summed E-state index contributed by atoms with van der Waals surface area (Å²) in [7, 11) is 0. The first kappa shape index (κ1) is 15.1. The number of aromatic nitrogens is 4. The molecule has 7 heteroatoms. The fourth-order valence-corrected chi connectivity index (χ4v) is 2.67. The van der Waals surface area contributed by atoms with E-state index in [1.54, 1.807) is 34.5 Å². The summed E-state index contributed by atoms with van der Waals surface area (Å²) in [5.41, 5.74) is 2.40. The van der Waals surface area contributed by atoms with E-state index in [0.29, 0.717) is 11.6 Å². The number of aryl methyl sites for hydroxylation is 2. The third kappa shape index (κ3) is 3.70. The quantitative estimate of drug-likeness (QED) is 0.749. The lowest BCUT2D eigenvalue weighted by atomic mass is 10.4. The van der Waals surface area contributed by atoms with Crippen LogP contribution in [0.2, 0.25) is 0 Å². The Labute approximate surface area is 137 Å². The van der Waals surface area contributed by atoms with Gasteiger partial charge in [0.05, 0.1) is 23.8 Å². The summed E-state index contributed by atoms with van der Waals surface area (Å²) in [6, 6.07) is 5.84. The number of carbonyl (C=O) groups is 1. The Morgan fingerprint density at radius 2 is 2.09 bits per heavy atom. The van der Waals surface area contributed by atoms with E-state index in [4.69, 9.17) is 0 Å². The first-order chi connectivity index (χ1) is 11.1. The van der Waals surface area contributed by atoms with E-state index in [1.165, 1.54) is 6.08 Å². The van der Waals surface area contributed by atoms with Gasteiger partial charge in [-0.15, -0.1) is 11.3 Å². The first-order valence-electron chi connectivity index (χ1n) is 7.00. The predicted octanol–water partition coefficient (Wildman–Crippen LogP) is 2.99. The molecule has 0 saturated carbocycles. The van der Waals surface area contributed by atoms with Crippen molar-refractivity contribution in [2.24, 2.45) is 0 Å². The fourth-order valence-electron chi connectivity index (χ4n) is 2.05. The summed E-state index contributed by atoms with van der Waals surface area (Å²) in [4.78, 5) is 21.4. The topological polar surface area (TPSA) is 72.7 Å². The zero-order valence-corrected chi connectivity index (χ0v) is 13.5. The highest BCUT2D eigenvalue weighted by Crippen LogP contribution is 2.12. The molecular formula is C16H15N5OS. The maximum atomic E-state index is 11.9.